The lowest BCUT2D eigenvalue weighted by molar-refractivity contribution is 0.886. The Morgan fingerprint density at radius 3 is 2.79 bits per heavy atom. The maximum atomic E-state index is 4.49. The molecule has 0 radical (unpaired) electrons. The van der Waals surface area contributed by atoms with Crippen molar-refractivity contribution >= 4 is 21.8 Å². The summed E-state index contributed by atoms with van der Waals surface area (Å²) in [6.45, 7) is 2.10. The fourth-order valence-electron chi connectivity index (χ4n) is 2.49. The Morgan fingerprint density at radius 1 is 1.00 bits per heavy atom. The zero-order valence-corrected chi connectivity index (χ0v) is 10.6. The molecule has 0 amide bonds. The van der Waals surface area contributed by atoms with Crippen molar-refractivity contribution in [1.29, 1.82) is 0 Å². The van der Waals surface area contributed by atoms with E-state index >= 15 is 0 Å². The first-order valence-electron chi connectivity index (χ1n) is 6.34. The van der Waals surface area contributed by atoms with Gasteiger partial charge in [0.15, 0.2) is 0 Å². The number of nitrogens with one attached hydrogen (secondary N) is 1. The number of rotatable bonds is 1. The minimum atomic E-state index is 1.00. The summed E-state index contributed by atoms with van der Waals surface area (Å²) in [4.78, 5) is 3.41. The van der Waals surface area contributed by atoms with Gasteiger partial charge in [0.25, 0.3) is 0 Å². The Hall–Kier alpha value is -2.55. The number of aryl methyl sites for hydroxylation is 1. The van der Waals surface area contributed by atoms with E-state index in [0.29, 0.717) is 0 Å². The number of para-hydroxylation sites is 1. The van der Waals surface area contributed by atoms with E-state index in [9.17, 15) is 0 Å². The molecule has 92 valence electrons. The summed E-state index contributed by atoms with van der Waals surface area (Å²) >= 11 is 0. The first-order valence-corrected chi connectivity index (χ1v) is 6.34. The van der Waals surface area contributed by atoms with Crippen LogP contribution in [0.3, 0.4) is 0 Å². The van der Waals surface area contributed by atoms with Gasteiger partial charge in [0.2, 0.25) is 0 Å². The van der Waals surface area contributed by atoms with Gasteiger partial charge in [-0.05, 0) is 30.7 Å². The second-order valence-corrected chi connectivity index (χ2v) is 4.86. The molecule has 0 saturated carbocycles. The normalized spacial score (nSPS) is 11.4. The molecule has 0 atom stereocenters. The fourth-order valence-corrected chi connectivity index (χ4v) is 2.49. The molecule has 0 aliphatic rings. The highest BCUT2D eigenvalue weighted by Crippen LogP contribution is 2.22. The van der Waals surface area contributed by atoms with Crippen molar-refractivity contribution in [3.8, 4) is 5.82 Å². The highest BCUT2D eigenvalue weighted by Gasteiger charge is 2.07. The van der Waals surface area contributed by atoms with Crippen LogP contribution < -0.4 is 0 Å². The average molecular weight is 247 g/mol. The van der Waals surface area contributed by atoms with Gasteiger partial charge < -0.3 is 4.98 Å². The summed E-state index contributed by atoms with van der Waals surface area (Å²) in [5, 5.41) is 6.85. The third-order valence-corrected chi connectivity index (χ3v) is 3.47. The number of nitrogens with zero attached hydrogens (tertiary/aromatic N) is 2. The lowest BCUT2D eigenvalue weighted by Gasteiger charge is -2.00. The van der Waals surface area contributed by atoms with Crippen molar-refractivity contribution in [3.05, 3.63) is 60.3 Å². The van der Waals surface area contributed by atoms with Crippen LogP contribution in [0.25, 0.3) is 27.6 Å². The predicted molar refractivity (Wildman–Crippen MR) is 77.7 cm³/mol. The summed E-state index contributed by atoms with van der Waals surface area (Å²) < 4.78 is 1.96. The largest absolute Gasteiger partial charge is 0.340 e. The van der Waals surface area contributed by atoms with E-state index in [4.69, 9.17) is 0 Å². The molecule has 0 bridgehead atoms. The molecule has 2 aromatic heterocycles. The third kappa shape index (κ3) is 1.55. The molecule has 0 spiro atoms. The number of fused-ring (bicyclic) bond motifs is 2. The molecule has 19 heavy (non-hydrogen) atoms. The lowest BCUT2D eigenvalue weighted by Crippen LogP contribution is -1.95. The van der Waals surface area contributed by atoms with Crippen LogP contribution in [0.15, 0.2) is 54.7 Å². The Balaban J connectivity index is 2.00. The molecule has 0 saturated heterocycles. The monoisotopic (exact) mass is 247 g/mol. The minimum Gasteiger partial charge on any atom is -0.340 e. The number of hydrogen-bond acceptors (Lipinski definition) is 1. The zero-order chi connectivity index (χ0) is 12.8. The fraction of sp³-hybridized carbons (Fsp3) is 0.0625. The average Bonchev–Trinajstić information content (AvgIpc) is 3.00. The van der Waals surface area contributed by atoms with Crippen molar-refractivity contribution in [2.75, 3.05) is 0 Å². The van der Waals surface area contributed by atoms with Crippen molar-refractivity contribution in [3.63, 3.8) is 0 Å². The van der Waals surface area contributed by atoms with E-state index in [1.54, 1.807) is 0 Å². The Morgan fingerprint density at radius 2 is 1.89 bits per heavy atom. The third-order valence-electron chi connectivity index (χ3n) is 3.47. The lowest BCUT2D eigenvalue weighted by atomic mass is 10.2. The number of H-pyrrole nitrogens is 1. The van der Waals surface area contributed by atoms with Gasteiger partial charge in [-0.2, -0.15) is 5.10 Å². The van der Waals surface area contributed by atoms with Crippen molar-refractivity contribution in [2.45, 2.75) is 6.92 Å². The van der Waals surface area contributed by atoms with Gasteiger partial charge in [0, 0.05) is 16.3 Å². The predicted octanol–water partition coefficient (Wildman–Crippen LogP) is 3.82. The summed E-state index contributed by atoms with van der Waals surface area (Å²) in [5.41, 5.74) is 3.51. The van der Waals surface area contributed by atoms with Crippen molar-refractivity contribution < 1.29 is 0 Å². The van der Waals surface area contributed by atoms with Crippen LogP contribution in [-0.4, -0.2) is 14.8 Å². The number of benzene rings is 2. The van der Waals surface area contributed by atoms with Gasteiger partial charge >= 0.3 is 0 Å². The van der Waals surface area contributed by atoms with E-state index in [1.165, 1.54) is 10.9 Å². The number of hydrogen-bond donors (Lipinski definition) is 1. The standard InChI is InChI=1S/C16H13N3/c1-11-6-7-13-10-17-19(15(13)8-11)16-9-12-4-2-3-5-14(12)18-16/h2-10,18H,1H3. The maximum Gasteiger partial charge on any atom is 0.133 e. The second kappa shape index (κ2) is 3.72. The van der Waals surface area contributed by atoms with Crippen LogP contribution in [0.5, 0.6) is 0 Å². The van der Waals surface area contributed by atoms with Crippen LogP contribution in [0.1, 0.15) is 5.56 Å². The summed E-state index contributed by atoms with van der Waals surface area (Å²) in [5.74, 6) is 1.00. The molecule has 2 heterocycles. The summed E-state index contributed by atoms with van der Waals surface area (Å²) in [6, 6.07) is 16.8. The molecule has 0 unspecified atom stereocenters. The van der Waals surface area contributed by atoms with E-state index in [-0.39, 0.29) is 0 Å². The molecule has 4 aromatic rings. The van der Waals surface area contributed by atoms with Crippen molar-refractivity contribution in [1.82, 2.24) is 14.8 Å². The molecule has 0 aliphatic heterocycles. The topological polar surface area (TPSA) is 33.6 Å². The van der Waals surface area contributed by atoms with E-state index in [0.717, 1.165) is 22.2 Å². The van der Waals surface area contributed by atoms with Crippen LogP contribution >= 0.6 is 0 Å². The van der Waals surface area contributed by atoms with E-state index in [1.807, 2.05) is 23.0 Å². The Kier molecular flexibility index (Phi) is 2.03. The number of aromatic amines is 1. The van der Waals surface area contributed by atoms with Gasteiger partial charge in [-0.15, -0.1) is 0 Å². The number of aromatic nitrogens is 3. The minimum absolute atomic E-state index is 1.00. The van der Waals surface area contributed by atoms with Crippen LogP contribution in [0.2, 0.25) is 0 Å². The molecule has 3 nitrogen and oxygen atoms in total. The maximum absolute atomic E-state index is 4.49. The second-order valence-electron chi connectivity index (χ2n) is 4.86. The molecule has 1 N–H and O–H groups in total. The zero-order valence-electron chi connectivity index (χ0n) is 10.6. The first kappa shape index (κ1) is 10.4. The molecule has 2 aromatic carbocycles. The van der Waals surface area contributed by atoms with E-state index in [2.05, 4.69) is 53.4 Å². The molecule has 0 fully saturated rings. The van der Waals surface area contributed by atoms with Gasteiger partial charge in [0.1, 0.15) is 5.82 Å². The van der Waals surface area contributed by atoms with E-state index < -0.39 is 0 Å². The van der Waals surface area contributed by atoms with Crippen LogP contribution in [0.4, 0.5) is 0 Å². The molecule has 4 rings (SSSR count). The van der Waals surface area contributed by atoms with Gasteiger partial charge in [-0.1, -0.05) is 30.3 Å². The molecular formula is C16H13N3. The quantitative estimate of drug-likeness (QED) is 0.545. The van der Waals surface area contributed by atoms with Crippen molar-refractivity contribution in [2.24, 2.45) is 0 Å². The Bertz CT molecular complexity index is 850. The first-order chi connectivity index (χ1) is 9.31. The SMILES string of the molecule is Cc1ccc2cnn(-c3cc4ccccc4[nH]3)c2c1. The Labute approximate surface area is 110 Å². The van der Waals surface area contributed by atoms with Gasteiger partial charge in [0.05, 0.1) is 11.7 Å². The highest BCUT2D eigenvalue weighted by atomic mass is 15.3. The molecular weight excluding hydrogens is 234 g/mol. The summed E-state index contributed by atoms with van der Waals surface area (Å²) in [6.07, 6.45) is 1.90. The smallest absolute Gasteiger partial charge is 0.133 e. The summed E-state index contributed by atoms with van der Waals surface area (Å²) in [7, 11) is 0. The highest BCUT2D eigenvalue weighted by molar-refractivity contribution is 5.85. The molecule has 0 aliphatic carbocycles. The van der Waals surface area contributed by atoms with Crippen LogP contribution in [0, 0.1) is 6.92 Å². The van der Waals surface area contributed by atoms with Crippen LogP contribution in [-0.2, 0) is 0 Å². The van der Waals surface area contributed by atoms with Gasteiger partial charge in [-0.3, -0.25) is 0 Å². The van der Waals surface area contributed by atoms with Gasteiger partial charge in [-0.25, -0.2) is 4.68 Å². The molecule has 3 heteroatoms.